The molecule has 0 aromatic heterocycles. The highest BCUT2D eigenvalue weighted by atomic mass is 19.1. The van der Waals surface area contributed by atoms with Gasteiger partial charge in [-0.1, -0.05) is 6.07 Å². The first-order valence-corrected chi connectivity index (χ1v) is 10.9. The maximum Gasteiger partial charge on any atom is 0.191 e. The normalized spacial score (nSPS) is 19.1. The molecule has 1 aliphatic heterocycles. The quantitative estimate of drug-likeness (QED) is 0.355. The molecule has 3 rings (SSSR count). The first-order valence-electron chi connectivity index (χ1n) is 10.9. The van der Waals surface area contributed by atoms with Crippen LogP contribution in [-0.2, 0) is 4.74 Å². The van der Waals surface area contributed by atoms with Gasteiger partial charge in [0.15, 0.2) is 17.5 Å². The topological polar surface area (TPSA) is 58.1 Å². The van der Waals surface area contributed by atoms with Crippen molar-refractivity contribution in [2.45, 2.75) is 39.2 Å². The fraction of sp³-hybridized carbons (Fsp3) is 0.682. The van der Waals surface area contributed by atoms with Crippen molar-refractivity contribution in [1.82, 2.24) is 15.5 Å². The van der Waals surface area contributed by atoms with Crippen molar-refractivity contribution in [3.05, 3.63) is 29.6 Å². The summed E-state index contributed by atoms with van der Waals surface area (Å²) in [7, 11) is 0. The van der Waals surface area contributed by atoms with Crippen molar-refractivity contribution in [3.63, 3.8) is 0 Å². The van der Waals surface area contributed by atoms with Crippen molar-refractivity contribution < 1.29 is 13.9 Å². The highest BCUT2D eigenvalue weighted by molar-refractivity contribution is 5.80. The first-order chi connectivity index (χ1) is 14.2. The molecule has 7 heteroatoms. The van der Waals surface area contributed by atoms with E-state index in [-0.39, 0.29) is 11.9 Å². The molecule has 1 atom stereocenters. The lowest BCUT2D eigenvalue weighted by Gasteiger charge is -2.26. The number of benzene rings is 1. The zero-order valence-electron chi connectivity index (χ0n) is 17.8. The lowest BCUT2D eigenvalue weighted by molar-refractivity contribution is 0.0377. The van der Waals surface area contributed by atoms with E-state index >= 15 is 0 Å². The molecule has 29 heavy (non-hydrogen) atoms. The van der Waals surface area contributed by atoms with E-state index in [4.69, 9.17) is 9.47 Å². The van der Waals surface area contributed by atoms with E-state index in [0.717, 1.165) is 63.9 Å². The summed E-state index contributed by atoms with van der Waals surface area (Å²) in [5.41, 5.74) is 0.875. The van der Waals surface area contributed by atoms with E-state index in [1.807, 2.05) is 19.9 Å². The van der Waals surface area contributed by atoms with Gasteiger partial charge in [-0.2, -0.15) is 0 Å². The van der Waals surface area contributed by atoms with Gasteiger partial charge in [0.05, 0.1) is 25.9 Å². The number of hydrogen-bond acceptors (Lipinski definition) is 4. The third kappa shape index (κ3) is 7.48. The number of nitrogens with zero attached hydrogens (tertiary/aromatic N) is 2. The van der Waals surface area contributed by atoms with Crippen LogP contribution >= 0.6 is 0 Å². The monoisotopic (exact) mass is 406 g/mol. The Hall–Kier alpha value is -1.86. The number of morpholine rings is 1. The lowest BCUT2D eigenvalue weighted by Crippen LogP contribution is -2.39. The Morgan fingerprint density at radius 2 is 2.14 bits per heavy atom. The van der Waals surface area contributed by atoms with E-state index in [1.165, 1.54) is 12.8 Å². The molecule has 1 saturated heterocycles. The summed E-state index contributed by atoms with van der Waals surface area (Å²) in [6.45, 7) is 10.9. The molecule has 2 fully saturated rings. The predicted molar refractivity (Wildman–Crippen MR) is 114 cm³/mol. The molecule has 1 aromatic rings. The molecule has 0 radical (unpaired) electrons. The van der Waals surface area contributed by atoms with Gasteiger partial charge in [0.2, 0.25) is 0 Å². The molecule has 1 aliphatic carbocycles. The summed E-state index contributed by atoms with van der Waals surface area (Å²) in [5.74, 6) is 1.41. The Morgan fingerprint density at radius 3 is 2.83 bits per heavy atom. The van der Waals surface area contributed by atoms with Gasteiger partial charge in [0.25, 0.3) is 0 Å². The fourth-order valence-corrected chi connectivity index (χ4v) is 3.31. The molecular formula is C22H35FN4O2. The molecule has 0 bridgehead atoms. The van der Waals surface area contributed by atoms with Crippen LogP contribution in [0.1, 0.15) is 44.7 Å². The van der Waals surface area contributed by atoms with Crippen LogP contribution < -0.4 is 15.4 Å². The van der Waals surface area contributed by atoms with Crippen molar-refractivity contribution in [2.24, 2.45) is 10.9 Å². The highest BCUT2D eigenvalue weighted by Gasteiger charge is 2.22. The van der Waals surface area contributed by atoms with Gasteiger partial charge >= 0.3 is 0 Å². The summed E-state index contributed by atoms with van der Waals surface area (Å²) < 4.78 is 25.3. The van der Waals surface area contributed by atoms with Crippen LogP contribution in [0.3, 0.4) is 0 Å². The number of hydrogen-bond donors (Lipinski definition) is 2. The highest BCUT2D eigenvalue weighted by Crippen LogP contribution is 2.30. The van der Waals surface area contributed by atoms with E-state index < -0.39 is 0 Å². The molecule has 1 heterocycles. The zero-order valence-corrected chi connectivity index (χ0v) is 17.8. The fourth-order valence-electron chi connectivity index (χ4n) is 3.31. The van der Waals surface area contributed by atoms with E-state index in [1.54, 1.807) is 12.1 Å². The summed E-state index contributed by atoms with van der Waals surface area (Å²) in [6.07, 6.45) is 3.39. The number of nitrogens with one attached hydrogen (secondary N) is 2. The standard InChI is InChI=1S/C22H35FN4O2/c1-3-24-22(25-9-4-10-27-11-13-28-14-12-27)26-17(2)19-7-8-21(20(23)15-19)29-16-18-5-6-18/h7-8,15,17-18H,3-6,9-14,16H2,1-2H3,(H2,24,25,26). The van der Waals surface area contributed by atoms with Crippen LogP contribution in [0, 0.1) is 11.7 Å². The van der Waals surface area contributed by atoms with Crippen LogP contribution in [0.25, 0.3) is 0 Å². The van der Waals surface area contributed by atoms with Gasteiger partial charge in [0.1, 0.15) is 0 Å². The lowest BCUT2D eigenvalue weighted by atomic mass is 10.1. The second-order valence-electron chi connectivity index (χ2n) is 7.88. The minimum atomic E-state index is -0.302. The van der Waals surface area contributed by atoms with Crippen LogP contribution in [0.5, 0.6) is 5.75 Å². The van der Waals surface area contributed by atoms with Crippen molar-refractivity contribution >= 4 is 5.96 Å². The molecule has 2 N–H and O–H groups in total. The van der Waals surface area contributed by atoms with Crippen molar-refractivity contribution in [2.75, 3.05) is 52.5 Å². The molecule has 0 spiro atoms. The third-order valence-electron chi connectivity index (χ3n) is 5.33. The van der Waals surface area contributed by atoms with Crippen molar-refractivity contribution in [3.8, 4) is 5.75 Å². The molecule has 1 unspecified atom stereocenters. The van der Waals surface area contributed by atoms with Gasteiger partial charge in [-0.15, -0.1) is 0 Å². The second kappa shape index (κ2) is 11.4. The smallest absolute Gasteiger partial charge is 0.191 e. The molecular weight excluding hydrogens is 371 g/mol. The summed E-state index contributed by atoms with van der Waals surface area (Å²) in [4.78, 5) is 7.09. The molecule has 6 nitrogen and oxygen atoms in total. The molecule has 1 aromatic carbocycles. The number of ether oxygens (including phenoxy) is 2. The zero-order chi connectivity index (χ0) is 20.5. The second-order valence-corrected chi connectivity index (χ2v) is 7.88. The minimum Gasteiger partial charge on any atom is -0.490 e. The molecule has 162 valence electrons. The van der Waals surface area contributed by atoms with Gasteiger partial charge in [-0.3, -0.25) is 9.89 Å². The number of halogens is 1. The SMILES string of the molecule is CCNC(=NCCCN1CCOCC1)NC(C)c1ccc(OCC2CC2)c(F)c1. The van der Waals surface area contributed by atoms with E-state index in [9.17, 15) is 4.39 Å². The van der Waals surface area contributed by atoms with E-state index in [0.29, 0.717) is 18.3 Å². The Bertz CT molecular complexity index is 660. The third-order valence-corrected chi connectivity index (χ3v) is 5.33. The average Bonchev–Trinajstić information content (AvgIpc) is 3.55. The van der Waals surface area contributed by atoms with Crippen LogP contribution in [0.15, 0.2) is 23.2 Å². The number of guanidine groups is 1. The van der Waals surface area contributed by atoms with E-state index in [2.05, 4.69) is 20.5 Å². The van der Waals surface area contributed by atoms with Gasteiger partial charge in [0, 0.05) is 32.7 Å². The molecule has 1 saturated carbocycles. The Kier molecular flexibility index (Phi) is 8.55. The Balaban J connectivity index is 1.48. The van der Waals surface area contributed by atoms with Crippen LogP contribution in [0.2, 0.25) is 0 Å². The van der Waals surface area contributed by atoms with Crippen molar-refractivity contribution in [1.29, 1.82) is 0 Å². The maximum absolute atomic E-state index is 14.4. The Morgan fingerprint density at radius 1 is 1.34 bits per heavy atom. The number of rotatable bonds is 10. The van der Waals surface area contributed by atoms with Gasteiger partial charge in [-0.05, 0) is 56.7 Å². The minimum absolute atomic E-state index is 0.0565. The predicted octanol–water partition coefficient (Wildman–Crippen LogP) is 2.95. The van der Waals surface area contributed by atoms with Gasteiger partial charge < -0.3 is 20.1 Å². The molecule has 2 aliphatic rings. The summed E-state index contributed by atoms with van der Waals surface area (Å²) >= 11 is 0. The molecule has 0 amide bonds. The first kappa shape index (κ1) is 21.8. The number of aliphatic imine (C=N–C) groups is 1. The average molecular weight is 407 g/mol. The largest absolute Gasteiger partial charge is 0.490 e. The Labute approximate surface area is 173 Å². The summed E-state index contributed by atoms with van der Waals surface area (Å²) in [5, 5.41) is 6.65. The maximum atomic E-state index is 14.4. The van der Waals surface area contributed by atoms with Crippen LogP contribution in [0.4, 0.5) is 4.39 Å². The summed E-state index contributed by atoms with van der Waals surface area (Å²) in [6, 6.07) is 5.16. The van der Waals surface area contributed by atoms with Crippen LogP contribution in [-0.4, -0.2) is 63.4 Å². The van der Waals surface area contributed by atoms with Gasteiger partial charge in [-0.25, -0.2) is 4.39 Å².